The molecule has 3 rings (SSSR count). The number of carbonyl (C=O) groups excluding carboxylic acids is 1. The van der Waals surface area contributed by atoms with E-state index in [1.54, 1.807) is 7.11 Å². The zero-order valence-corrected chi connectivity index (χ0v) is 14.8. The van der Waals surface area contributed by atoms with Gasteiger partial charge in [-0.3, -0.25) is 9.59 Å². The maximum Gasteiger partial charge on any atom is 0.306 e. The van der Waals surface area contributed by atoms with E-state index in [0.717, 1.165) is 44.5 Å². The first-order chi connectivity index (χ1) is 12.1. The summed E-state index contributed by atoms with van der Waals surface area (Å²) in [6.07, 6.45) is 4.96. The van der Waals surface area contributed by atoms with Gasteiger partial charge in [-0.2, -0.15) is 0 Å². The Hall–Kier alpha value is -2.04. The van der Waals surface area contributed by atoms with Crippen LogP contribution in [0.15, 0.2) is 24.3 Å². The molecule has 1 saturated heterocycles. The molecule has 0 aromatic heterocycles. The van der Waals surface area contributed by atoms with Gasteiger partial charge in [-0.25, -0.2) is 0 Å². The summed E-state index contributed by atoms with van der Waals surface area (Å²) >= 11 is 0. The number of aliphatic carboxylic acids is 1. The zero-order chi connectivity index (χ0) is 17.8. The van der Waals surface area contributed by atoms with Crippen LogP contribution in [0.3, 0.4) is 0 Å². The lowest BCUT2D eigenvalue weighted by molar-refractivity contribution is -0.141. The molecular weight excluding hydrogens is 318 g/mol. The van der Waals surface area contributed by atoms with Crippen molar-refractivity contribution in [3.63, 3.8) is 0 Å². The Morgan fingerprint density at radius 1 is 1.08 bits per heavy atom. The summed E-state index contributed by atoms with van der Waals surface area (Å²) in [7, 11) is 1.67. The van der Waals surface area contributed by atoms with Gasteiger partial charge in [0.15, 0.2) is 0 Å². The van der Waals surface area contributed by atoms with Gasteiger partial charge >= 0.3 is 5.97 Å². The van der Waals surface area contributed by atoms with Crippen molar-refractivity contribution in [2.75, 3.05) is 20.2 Å². The fourth-order valence-corrected chi connectivity index (χ4v) is 4.14. The number of likely N-dealkylation sites (tertiary alicyclic amines) is 1. The molecule has 25 heavy (non-hydrogen) atoms. The highest BCUT2D eigenvalue weighted by Gasteiger charge is 2.36. The van der Waals surface area contributed by atoms with Crippen LogP contribution >= 0.6 is 0 Å². The third kappa shape index (κ3) is 4.33. The van der Waals surface area contributed by atoms with Crippen molar-refractivity contribution in [1.29, 1.82) is 0 Å². The van der Waals surface area contributed by atoms with E-state index in [2.05, 4.69) is 12.1 Å². The van der Waals surface area contributed by atoms with Crippen molar-refractivity contribution in [3.8, 4) is 5.75 Å². The van der Waals surface area contributed by atoms with Crippen LogP contribution in [0.4, 0.5) is 0 Å². The van der Waals surface area contributed by atoms with E-state index < -0.39 is 5.97 Å². The number of hydrogen-bond acceptors (Lipinski definition) is 3. The minimum absolute atomic E-state index is 0.0840. The van der Waals surface area contributed by atoms with Crippen LogP contribution in [0.5, 0.6) is 5.75 Å². The van der Waals surface area contributed by atoms with Gasteiger partial charge in [-0.05, 0) is 62.1 Å². The standard InChI is InChI=1S/C20H27NO4/c1-25-18-6-2-14(3-7-18)12-15-8-10-21(11-9-15)19(22)16-4-5-17(13-16)20(23)24/h2-3,6-7,15-17H,4-5,8-13H2,1H3,(H,23,24)/t16-,17+/m1/s1. The molecule has 1 saturated carbocycles. The molecule has 0 radical (unpaired) electrons. The highest BCUT2D eigenvalue weighted by Crippen LogP contribution is 2.33. The van der Waals surface area contributed by atoms with Gasteiger partial charge in [0.05, 0.1) is 13.0 Å². The minimum atomic E-state index is -0.756. The number of nitrogens with zero attached hydrogens (tertiary/aromatic N) is 1. The second kappa shape index (κ2) is 7.89. The van der Waals surface area contributed by atoms with Crippen molar-refractivity contribution in [2.45, 2.75) is 38.5 Å². The van der Waals surface area contributed by atoms with Crippen LogP contribution in [0, 0.1) is 17.8 Å². The fraction of sp³-hybridized carbons (Fsp3) is 0.600. The molecule has 0 bridgehead atoms. The number of amides is 1. The number of rotatable bonds is 5. The van der Waals surface area contributed by atoms with Crippen LogP contribution in [0.2, 0.25) is 0 Å². The Morgan fingerprint density at radius 3 is 2.28 bits per heavy atom. The van der Waals surface area contributed by atoms with Crippen molar-refractivity contribution < 1.29 is 19.4 Å². The SMILES string of the molecule is COc1ccc(CC2CCN(C(=O)[C@@H]3CC[C@H](C(=O)O)C3)CC2)cc1. The molecule has 5 nitrogen and oxygen atoms in total. The lowest BCUT2D eigenvalue weighted by Gasteiger charge is -2.33. The molecule has 2 fully saturated rings. The minimum Gasteiger partial charge on any atom is -0.497 e. The molecule has 1 amide bonds. The fourth-order valence-electron chi connectivity index (χ4n) is 4.14. The Kier molecular flexibility index (Phi) is 5.61. The first-order valence-electron chi connectivity index (χ1n) is 9.21. The normalized spacial score (nSPS) is 24.3. The van der Waals surface area contributed by atoms with Gasteiger partial charge < -0.3 is 14.7 Å². The van der Waals surface area contributed by atoms with Crippen LogP contribution < -0.4 is 4.74 Å². The monoisotopic (exact) mass is 345 g/mol. The van der Waals surface area contributed by atoms with E-state index in [1.165, 1.54) is 5.56 Å². The highest BCUT2D eigenvalue weighted by atomic mass is 16.5. The van der Waals surface area contributed by atoms with E-state index in [1.807, 2.05) is 17.0 Å². The van der Waals surface area contributed by atoms with E-state index >= 15 is 0 Å². The van der Waals surface area contributed by atoms with Crippen molar-refractivity contribution in [2.24, 2.45) is 17.8 Å². The molecule has 2 aliphatic rings. The van der Waals surface area contributed by atoms with Gasteiger partial charge in [0.25, 0.3) is 0 Å². The topological polar surface area (TPSA) is 66.8 Å². The summed E-state index contributed by atoms with van der Waals surface area (Å²) in [6.45, 7) is 1.60. The van der Waals surface area contributed by atoms with E-state index in [0.29, 0.717) is 18.8 Å². The zero-order valence-electron chi connectivity index (χ0n) is 14.8. The maximum atomic E-state index is 12.6. The molecule has 1 aliphatic carbocycles. The van der Waals surface area contributed by atoms with Gasteiger partial charge in [0.2, 0.25) is 5.91 Å². The molecule has 1 aromatic carbocycles. The summed E-state index contributed by atoms with van der Waals surface area (Å²) in [5, 5.41) is 9.10. The maximum absolute atomic E-state index is 12.6. The lowest BCUT2D eigenvalue weighted by Crippen LogP contribution is -2.41. The average Bonchev–Trinajstić information content (AvgIpc) is 3.13. The Balaban J connectivity index is 1.46. The number of carbonyl (C=O) groups is 2. The second-order valence-corrected chi connectivity index (χ2v) is 7.37. The molecule has 136 valence electrons. The molecule has 1 aromatic rings. The van der Waals surface area contributed by atoms with Crippen molar-refractivity contribution in [3.05, 3.63) is 29.8 Å². The first kappa shape index (κ1) is 17.8. The summed E-state index contributed by atoms with van der Waals surface area (Å²) in [5.74, 6) is 0.481. The number of carboxylic acids is 1. The molecule has 0 spiro atoms. The molecule has 1 aliphatic heterocycles. The number of benzene rings is 1. The van der Waals surface area contributed by atoms with Gasteiger partial charge in [0.1, 0.15) is 5.75 Å². The van der Waals surface area contributed by atoms with Crippen LogP contribution in [0.1, 0.15) is 37.7 Å². The molecule has 5 heteroatoms. The Bertz CT molecular complexity index is 605. The number of ether oxygens (including phenoxy) is 1. The number of carboxylic acid groups (broad SMARTS) is 1. The van der Waals surface area contributed by atoms with Gasteiger partial charge in [-0.1, -0.05) is 12.1 Å². The number of piperidine rings is 1. The predicted octanol–water partition coefficient (Wildman–Crippen LogP) is 2.98. The largest absolute Gasteiger partial charge is 0.497 e. The van der Waals surface area contributed by atoms with Crippen LogP contribution in [-0.4, -0.2) is 42.1 Å². The highest BCUT2D eigenvalue weighted by molar-refractivity contribution is 5.81. The molecule has 2 atom stereocenters. The van der Waals surface area contributed by atoms with E-state index in [9.17, 15) is 9.59 Å². The summed E-state index contributed by atoms with van der Waals surface area (Å²) in [6, 6.07) is 8.21. The quantitative estimate of drug-likeness (QED) is 0.891. The van der Waals surface area contributed by atoms with E-state index in [-0.39, 0.29) is 17.7 Å². The molecule has 0 unspecified atom stereocenters. The first-order valence-corrected chi connectivity index (χ1v) is 9.21. The van der Waals surface area contributed by atoms with Gasteiger partial charge in [-0.15, -0.1) is 0 Å². The number of methoxy groups -OCH3 is 1. The third-order valence-corrected chi connectivity index (χ3v) is 5.74. The summed E-state index contributed by atoms with van der Waals surface area (Å²) in [4.78, 5) is 25.7. The summed E-state index contributed by atoms with van der Waals surface area (Å²) < 4.78 is 5.19. The molecule has 1 N–H and O–H groups in total. The van der Waals surface area contributed by atoms with Crippen molar-refractivity contribution in [1.82, 2.24) is 4.90 Å². The second-order valence-electron chi connectivity index (χ2n) is 7.37. The van der Waals surface area contributed by atoms with E-state index in [4.69, 9.17) is 9.84 Å². The summed E-state index contributed by atoms with van der Waals surface area (Å²) in [5.41, 5.74) is 1.31. The predicted molar refractivity (Wildman–Crippen MR) is 94.5 cm³/mol. The van der Waals surface area contributed by atoms with Crippen LogP contribution in [0.25, 0.3) is 0 Å². The third-order valence-electron chi connectivity index (χ3n) is 5.74. The average molecular weight is 345 g/mol. The van der Waals surface area contributed by atoms with Gasteiger partial charge in [0, 0.05) is 19.0 Å². The number of hydrogen-bond donors (Lipinski definition) is 1. The smallest absolute Gasteiger partial charge is 0.306 e. The molecule has 1 heterocycles. The Labute approximate surface area is 149 Å². The van der Waals surface area contributed by atoms with Crippen molar-refractivity contribution >= 4 is 11.9 Å². The Morgan fingerprint density at radius 2 is 1.72 bits per heavy atom. The van der Waals surface area contributed by atoms with Crippen LogP contribution in [-0.2, 0) is 16.0 Å². The lowest BCUT2D eigenvalue weighted by atomic mass is 9.89. The molecular formula is C20H27NO4.